The number of amides is 5. The van der Waals surface area contributed by atoms with Gasteiger partial charge in [0.1, 0.15) is 0 Å². The first-order chi connectivity index (χ1) is 6.51. The fraction of sp³-hybridized carbons (Fsp3) is 0.250. The Balaban J connectivity index is 0.000000500. The van der Waals surface area contributed by atoms with E-state index in [2.05, 4.69) is 5.32 Å². The summed E-state index contributed by atoms with van der Waals surface area (Å²) in [7, 11) is 0. The van der Waals surface area contributed by atoms with Crippen LogP contribution in [0.2, 0.25) is 0 Å². The minimum absolute atomic E-state index is 0.617. The van der Waals surface area contributed by atoms with Crippen LogP contribution in [-0.2, 0) is 4.79 Å². The third-order valence-corrected chi connectivity index (χ3v) is 1.06. The zero-order chi connectivity index (χ0) is 11.1. The summed E-state index contributed by atoms with van der Waals surface area (Å²) in [4.78, 5) is 31.3. The monoisotopic (exact) mass is 219 g/mol. The van der Waals surface area contributed by atoms with Crippen molar-refractivity contribution in [3.8, 4) is 0 Å². The van der Waals surface area contributed by atoms with Crippen LogP contribution in [0.5, 0.6) is 0 Å². The quantitative estimate of drug-likeness (QED) is 0.198. The van der Waals surface area contributed by atoms with Gasteiger partial charge in [0.05, 0.1) is 0 Å². The highest BCUT2D eigenvalue weighted by Crippen LogP contribution is 1.86. The summed E-state index contributed by atoms with van der Waals surface area (Å²) in [5.41, 5.74) is 4.70. The summed E-state index contributed by atoms with van der Waals surface area (Å²) in [6.45, 7) is 0. The lowest BCUT2D eigenvalue weighted by Crippen LogP contribution is -2.48. The van der Waals surface area contributed by atoms with Crippen LogP contribution in [0.4, 0.5) is 9.59 Å². The lowest BCUT2D eigenvalue weighted by Gasteiger charge is -2.05. The molecule has 1 atom stereocenters. The molecule has 77 valence electrons. The number of carbonyl (C=O) groups is 3. The van der Waals surface area contributed by atoms with Crippen LogP contribution in [0.3, 0.4) is 0 Å². The standard InChI is InChI=1S/C4H6N4O3.Al.2H2O/c5-3(10)6-1-2(9)8-4(11)7-1;;;/h1H,(H3,5,6,10)(H2,7,8,9,11);;2*1H2/q;+2;;/p-2. The Morgan fingerprint density at radius 1 is 1.50 bits per heavy atom. The van der Waals surface area contributed by atoms with Crippen LogP contribution >= 0.6 is 0 Å². The molecule has 1 fully saturated rings. The second kappa shape index (κ2) is 6.17. The molecule has 1 radical (unpaired) electrons. The van der Waals surface area contributed by atoms with E-state index in [1.165, 1.54) is 0 Å². The van der Waals surface area contributed by atoms with E-state index >= 15 is 0 Å². The van der Waals surface area contributed by atoms with Crippen molar-refractivity contribution in [2.24, 2.45) is 5.73 Å². The van der Waals surface area contributed by atoms with E-state index in [1.807, 2.05) is 10.6 Å². The Hall–Kier alpha value is -1.34. The third-order valence-electron chi connectivity index (χ3n) is 1.06. The summed E-state index contributed by atoms with van der Waals surface area (Å²) in [6.07, 6.45) is -1.04. The molecule has 9 nitrogen and oxygen atoms in total. The zero-order valence-electron chi connectivity index (χ0n) is 6.85. The molecule has 1 unspecified atom stereocenters. The fourth-order valence-electron chi connectivity index (χ4n) is 0.661. The second-order valence-electron chi connectivity index (χ2n) is 2.02. The average Bonchev–Trinajstić information content (AvgIpc) is 2.30. The molecule has 0 aromatic rings. The lowest BCUT2D eigenvalue weighted by atomic mass is 10.5. The largest absolute Gasteiger partial charge is 0.662 e. The van der Waals surface area contributed by atoms with Crippen molar-refractivity contribution in [1.82, 2.24) is 16.0 Å². The molecule has 1 rings (SSSR count). The highest BCUT2D eigenvalue weighted by Gasteiger charge is 2.29. The number of imide groups is 1. The van der Waals surface area contributed by atoms with Gasteiger partial charge in [-0.25, -0.2) is 9.59 Å². The molecule has 1 aliphatic rings. The van der Waals surface area contributed by atoms with Crippen molar-refractivity contribution in [3.05, 3.63) is 0 Å². The van der Waals surface area contributed by atoms with Gasteiger partial charge in [0.25, 0.3) is 5.91 Å². The number of hydrogen-bond acceptors (Lipinski definition) is 5. The average molecular weight is 219 g/mol. The number of nitrogens with two attached hydrogens (primary N) is 1. The highest BCUT2D eigenvalue weighted by atomic mass is 27.2. The topological polar surface area (TPSA) is 154 Å². The smallest absolute Gasteiger partial charge is 0.499 e. The molecule has 0 spiro atoms. The number of hydrogen-bond donors (Lipinski definition) is 6. The zero-order valence-corrected chi connectivity index (χ0v) is 8.01. The molecule has 5 amide bonds. The third kappa shape index (κ3) is 4.63. The Labute approximate surface area is 85.0 Å². The van der Waals surface area contributed by atoms with Gasteiger partial charge in [-0.05, 0) is 0 Å². The molecule has 0 aromatic carbocycles. The molecule has 0 saturated carbocycles. The molecule has 1 heterocycles. The van der Waals surface area contributed by atoms with Gasteiger partial charge >= 0.3 is 27.9 Å². The van der Waals surface area contributed by atoms with Gasteiger partial charge in [0.2, 0.25) is 0 Å². The van der Waals surface area contributed by atoms with Crippen LogP contribution in [-0.4, -0.2) is 48.3 Å². The SMILES string of the molecule is NC(=O)NC1NC(=O)NC1=O.[OH][Al][OH]. The Kier molecular flexibility index (Phi) is 5.58. The highest BCUT2D eigenvalue weighted by molar-refractivity contribution is 6.13. The molecule has 0 aromatic heterocycles. The van der Waals surface area contributed by atoms with Crippen molar-refractivity contribution in [2.45, 2.75) is 6.17 Å². The van der Waals surface area contributed by atoms with E-state index in [1.54, 1.807) is 0 Å². The van der Waals surface area contributed by atoms with E-state index in [4.69, 9.17) is 14.1 Å². The van der Waals surface area contributed by atoms with E-state index in [9.17, 15) is 14.4 Å². The van der Waals surface area contributed by atoms with Crippen LogP contribution in [0.15, 0.2) is 0 Å². The molecule has 14 heavy (non-hydrogen) atoms. The molecule has 1 aliphatic heterocycles. The minimum atomic E-state index is -1.25. The summed E-state index contributed by atoms with van der Waals surface area (Å²) in [5, 5.41) is 6.05. The van der Waals surface area contributed by atoms with E-state index < -0.39 is 40.0 Å². The van der Waals surface area contributed by atoms with Crippen LogP contribution < -0.4 is 21.7 Å². The molecular formula is C4H8AlN4O5. The van der Waals surface area contributed by atoms with E-state index in [0.717, 1.165) is 0 Å². The van der Waals surface area contributed by atoms with Gasteiger partial charge < -0.3 is 24.7 Å². The van der Waals surface area contributed by atoms with Crippen molar-refractivity contribution in [1.29, 1.82) is 0 Å². The van der Waals surface area contributed by atoms with Gasteiger partial charge in [-0.2, -0.15) is 0 Å². The number of carbonyl (C=O) groups excluding carboxylic acids is 3. The van der Waals surface area contributed by atoms with Gasteiger partial charge in [-0.3, -0.25) is 10.1 Å². The molecule has 10 heteroatoms. The predicted octanol–water partition coefficient (Wildman–Crippen LogP) is -3.67. The fourth-order valence-corrected chi connectivity index (χ4v) is 0.661. The Morgan fingerprint density at radius 2 is 2.00 bits per heavy atom. The summed E-state index contributed by atoms with van der Waals surface area (Å²) >= 11 is -1.25. The van der Waals surface area contributed by atoms with Gasteiger partial charge in [-0.1, -0.05) is 0 Å². The summed E-state index contributed by atoms with van der Waals surface area (Å²) < 4.78 is 14.4. The summed E-state index contributed by atoms with van der Waals surface area (Å²) in [6, 6.07) is -1.51. The van der Waals surface area contributed by atoms with Gasteiger partial charge in [0, 0.05) is 0 Å². The first-order valence-electron chi connectivity index (χ1n) is 3.28. The number of primary amides is 1. The number of urea groups is 2. The molecule has 0 bridgehead atoms. The molecular weight excluding hydrogens is 211 g/mol. The summed E-state index contributed by atoms with van der Waals surface area (Å²) in [5.74, 6) is -0.617. The maximum atomic E-state index is 10.7. The van der Waals surface area contributed by atoms with Gasteiger partial charge in [-0.15, -0.1) is 0 Å². The van der Waals surface area contributed by atoms with Crippen LogP contribution in [0.1, 0.15) is 0 Å². The van der Waals surface area contributed by atoms with Crippen molar-refractivity contribution >= 4 is 33.9 Å². The van der Waals surface area contributed by atoms with Crippen molar-refractivity contribution in [3.63, 3.8) is 0 Å². The number of nitrogens with one attached hydrogen (secondary N) is 3. The molecule has 7 N–H and O–H groups in total. The molecule has 1 saturated heterocycles. The normalized spacial score (nSPS) is 18.6. The Morgan fingerprint density at radius 3 is 2.29 bits per heavy atom. The molecule has 0 aliphatic carbocycles. The van der Waals surface area contributed by atoms with Crippen LogP contribution in [0, 0.1) is 0 Å². The first-order valence-corrected chi connectivity index (χ1v) is 4.32. The van der Waals surface area contributed by atoms with Crippen LogP contribution in [0.25, 0.3) is 0 Å². The van der Waals surface area contributed by atoms with Crippen molar-refractivity contribution < 1.29 is 22.7 Å². The minimum Gasteiger partial charge on any atom is -0.499 e. The number of rotatable bonds is 1. The van der Waals surface area contributed by atoms with Gasteiger partial charge in [0.15, 0.2) is 6.17 Å². The Bertz CT molecular complexity index is 246. The first kappa shape index (κ1) is 12.7. The van der Waals surface area contributed by atoms with E-state index in [-0.39, 0.29) is 0 Å². The second-order valence-corrected chi connectivity index (χ2v) is 2.25. The van der Waals surface area contributed by atoms with Crippen molar-refractivity contribution in [2.75, 3.05) is 0 Å². The maximum Gasteiger partial charge on any atom is 0.662 e. The van der Waals surface area contributed by atoms with E-state index in [0.29, 0.717) is 0 Å². The lowest BCUT2D eigenvalue weighted by molar-refractivity contribution is -0.120. The maximum absolute atomic E-state index is 10.7. The predicted molar refractivity (Wildman–Crippen MR) is 43.4 cm³/mol.